The lowest BCUT2D eigenvalue weighted by Crippen LogP contribution is -1.99. The first-order chi connectivity index (χ1) is 10.0. The number of fused-ring (bicyclic) bond motifs is 1. The summed E-state index contributed by atoms with van der Waals surface area (Å²) in [4.78, 5) is 15.5. The summed E-state index contributed by atoms with van der Waals surface area (Å²) in [5.41, 5.74) is 8.08. The van der Waals surface area contributed by atoms with E-state index in [1.54, 1.807) is 18.2 Å². The van der Waals surface area contributed by atoms with Crippen molar-refractivity contribution in [1.82, 2.24) is 4.98 Å². The van der Waals surface area contributed by atoms with Gasteiger partial charge in [0, 0.05) is 17.5 Å². The van der Waals surface area contributed by atoms with Gasteiger partial charge in [0.05, 0.1) is 11.9 Å². The van der Waals surface area contributed by atoms with E-state index in [1.807, 2.05) is 19.9 Å². The summed E-state index contributed by atoms with van der Waals surface area (Å²) in [7, 11) is 0. The number of nitrogens with zero attached hydrogens (tertiary/aromatic N) is 1. The summed E-state index contributed by atoms with van der Waals surface area (Å²) in [6.07, 6.45) is 1.54. The molecule has 0 aliphatic rings. The molecule has 5 heteroatoms. The van der Waals surface area contributed by atoms with E-state index in [4.69, 9.17) is 14.9 Å². The van der Waals surface area contributed by atoms with E-state index < -0.39 is 0 Å². The number of nitrogens with two attached hydrogens (primary N) is 1. The Hall–Kier alpha value is -2.82. The van der Waals surface area contributed by atoms with E-state index in [9.17, 15) is 4.79 Å². The number of pyridine rings is 1. The molecule has 0 saturated heterocycles. The number of anilines is 1. The molecule has 0 aliphatic heterocycles. The van der Waals surface area contributed by atoms with Crippen molar-refractivity contribution in [2.24, 2.45) is 0 Å². The highest BCUT2D eigenvalue weighted by Gasteiger charge is 2.09. The zero-order chi connectivity index (χ0) is 15.0. The third-order valence-corrected chi connectivity index (χ3v) is 3.22. The van der Waals surface area contributed by atoms with E-state index >= 15 is 0 Å². The van der Waals surface area contributed by atoms with Crippen LogP contribution >= 0.6 is 0 Å². The van der Waals surface area contributed by atoms with Gasteiger partial charge in [-0.1, -0.05) is 0 Å². The Morgan fingerprint density at radius 2 is 1.95 bits per heavy atom. The second-order valence-corrected chi connectivity index (χ2v) is 4.89. The number of hydrogen-bond acceptors (Lipinski definition) is 5. The molecule has 2 N–H and O–H groups in total. The van der Waals surface area contributed by atoms with Crippen LogP contribution in [0.3, 0.4) is 0 Å². The van der Waals surface area contributed by atoms with Crippen molar-refractivity contribution in [3.63, 3.8) is 0 Å². The highest BCUT2D eigenvalue weighted by atomic mass is 16.5. The molecular weight excluding hydrogens is 268 g/mol. The van der Waals surface area contributed by atoms with Crippen LogP contribution in [0.25, 0.3) is 11.0 Å². The largest absolute Gasteiger partial charge is 0.439 e. The van der Waals surface area contributed by atoms with E-state index in [-0.39, 0.29) is 5.63 Å². The van der Waals surface area contributed by atoms with Gasteiger partial charge in [0.25, 0.3) is 0 Å². The molecule has 21 heavy (non-hydrogen) atoms. The van der Waals surface area contributed by atoms with Crippen LogP contribution in [0.4, 0.5) is 5.69 Å². The molecule has 5 nitrogen and oxygen atoms in total. The third-order valence-electron chi connectivity index (χ3n) is 3.22. The number of aryl methyl sites for hydroxylation is 2. The maximum absolute atomic E-state index is 11.4. The van der Waals surface area contributed by atoms with Crippen molar-refractivity contribution in [3.8, 4) is 11.6 Å². The van der Waals surface area contributed by atoms with Crippen molar-refractivity contribution in [2.75, 3.05) is 5.73 Å². The molecule has 3 aromatic rings. The highest BCUT2D eigenvalue weighted by Crippen LogP contribution is 2.29. The molecule has 0 bridgehead atoms. The van der Waals surface area contributed by atoms with Crippen LogP contribution in [-0.4, -0.2) is 4.98 Å². The molecule has 0 saturated carbocycles. The monoisotopic (exact) mass is 282 g/mol. The second kappa shape index (κ2) is 4.94. The summed E-state index contributed by atoms with van der Waals surface area (Å²) in [6.45, 7) is 3.74. The van der Waals surface area contributed by atoms with E-state index in [1.165, 1.54) is 12.3 Å². The average molecular weight is 282 g/mol. The van der Waals surface area contributed by atoms with E-state index in [2.05, 4.69) is 4.98 Å². The average Bonchev–Trinajstić information content (AvgIpc) is 2.42. The van der Waals surface area contributed by atoms with Gasteiger partial charge in [0.1, 0.15) is 11.3 Å². The molecule has 0 spiro atoms. The topological polar surface area (TPSA) is 78.3 Å². The summed E-state index contributed by atoms with van der Waals surface area (Å²) in [5, 5.41) is 0.839. The van der Waals surface area contributed by atoms with Crippen LogP contribution in [0.1, 0.15) is 11.1 Å². The number of ether oxygens (including phenoxy) is 1. The Balaban J connectivity index is 2.08. The standard InChI is InChI=1S/C16H14N2O3/c1-9-6-16(19)21-14-5-10(2)13(7-12(9)14)20-15-4-3-11(17)8-18-15/h3-8H,17H2,1-2H3. The van der Waals surface area contributed by atoms with Gasteiger partial charge in [-0.2, -0.15) is 0 Å². The van der Waals surface area contributed by atoms with Gasteiger partial charge in [0.15, 0.2) is 0 Å². The van der Waals surface area contributed by atoms with Crippen LogP contribution < -0.4 is 16.1 Å². The maximum atomic E-state index is 11.4. The molecule has 0 unspecified atom stereocenters. The normalized spacial score (nSPS) is 10.8. The lowest BCUT2D eigenvalue weighted by molar-refractivity contribution is 0.459. The number of benzene rings is 1. The molecule has 0 radical (unpaired) electrons. The zero-order valence-corrected chi connectivity index (χ0v) is 11.7. The van der Waals surface area contributed by atoms with Gasteiger partial charge < -0.3 is 14.9 Å². The molecule has 0 aliphatic carbocycles. The lowest BCUT2D eigenvalue weighted by atomic mass is 10.1. The molecule has 2 aromatic heterocycles. The van der Waals surface area contributed by atoms with Crippen molar-refractivity contribution in [3.05, 3.63) is 58.1 Å². The first kappa shape index (κ1) is 13.2. The van der Waals surface area contributed by atoms with Crippen LogP contribution in [0.15, 0.2) is 45.7 Å². The second-order valence-electron chi connectivity index (χ2n) is 4.89. The van der Waals surface area contributed by atoms with Gasteiger partial charge in [-0.05, 0) is 43.2 Å². The summed E-state index contributed by atoms with van der Waals surface area (Å²) >= 11 is 0. The molecule has 1 aromatic carbocycles. The zero-order valence-electron chi connectivity index (χ0n) is 11.7. The fraction of sp³-hybridized carbons (Fsp3) is 0.125. The molecule has 2 heterocycles. The van der Waals surface area contributed by atoms with Gasteiger partial charge in [-0.15, -0.1) is 0 Å². The predicted molar refractivity (Wildman–Crippen MR) is 80.7 cm³/mol. The van der Waals surface area contributed by atoms with Crippen LogP contribution in [0.5, 0.6) is 11.6 Å². The highest BCUT2D eigenvalue weighted by molar-refractivity contribution is 5.82. The first-order valence-corrected chi connectivity index (χ1v) is 6.47. The number of aromatic nitrogens is 1. The summed E-state index contributed by atoms with van der Waals surface area (Å²) < 4.78 is 11.0. The SMILES string of the molecule is Cc1cc2oc(=O)cc(C)c2cc1Oc1ccc(N)cn1. The number of hydrogen-bond donors (Lipinski definition) is 1. The minimum Gasteiger partial charge on any atom is -0.439 e. The molecule has 0 amide bonds. The van der Waals surface area contributed by atoms with Crippen molar-refractivity contribution < 1.29 is 9.15 Å². The van der Waals surface area contributed by atoms with Crippen LogP contribution in [-0.2, 0) is 0 Å². The minimum absolute atomic E-state index is 0.353. The molecule has 0 fully saturated rings. The van der Waals surface area contributed by atoms with Gasteiger partial charge >= 0.3 is 5.63 Å². The Kier molecular flexibility index (Phi) is 3.10. The maximum Gasteiger partial charge on any atom is 0.336 e. The van der Waals surface area contributed by atoms with E-state index in [0.717, 1.165) is 16.5 Å². The van der Waals surface area contributed by atoms with Crippen LogP contribution in [0.2, 0.25) is 0 Å². The Morgan fingerprint density at radius 3 is 2.67 bits per heavy atom. The molecule has 0 atom stereocenters. The van der Waals surface area contributed by atoms with E-state index in [0.29, 0.717) is 22.9 Å². The van der Waals surface area contributed by atoms with Crippen molar-refractivity contribution >= 4 is 16.7 Å². The van der Waals surface area contributed by atoms with Gasteiger partial charge in [-0.25, -0.2) is 9.78 Å². The molecular formula is C16H14N2O3. The predicted octanol–water partition coefficient (Wildman–Crippen LogP) is 3.18. The van der Waals surface area contributed by atoms with Crippen LogP contribution in [0, 0.1) is 13.8 Å². The Labute approximate surface area is 121 Å². The quantitative estimate of drug-likeness (QED) is 0.730. The Bertz CT molecular complexity index is 867. The van der Waals surface area contributed by atoms with Crippen molar-refractivity contribution in [2.45, 2.75) is 13.8 Å². The smallest absolute Gasteiger partial charge is 0.336 e. The van der Waals surface area contributed by atoms with Gasteiger partial charge in [-0.3, -0.25) is 0 Å². The molecule has 106 valence electrons. The van der Waals surface area contributed by atoms with Crippen molar-refractivity contribution in [1.29, 1.82) is 0 Å². The third kappa shape index (κ3) is 2.58. The Morgan fingerprint density at radius 1 is 1.14 bits per heavy atom. The fourth-order valence-corrected chi connectivity index (χ4v) is 2.12. The summed E-state index contributed by atoms with van der Waals surface area (Å²) in [5.74, 6) is 1.12. The van der Waals surface area contributed by atoms with Gasteiger partial charge in [0.2, 0.25) is 5.88 Å². The first-order valence-electron chi connectivity index (χ1n) is 6.47. The number of rotatable bonds is 2. The number of nitrogen functional groups attached to an aromatic ring is 1. The molecule has 3 rings (SSSR count). The minimum atomic E-state index is -0.353. The fourth-order valence-electron chi connectivity index (χ4n) is 2.12. The lowest BCUT2D eigenvalue weighted by Gasteiger charge is -2.10. The summed E-state index contributed by atoms with van der Waals surface area (Å²) in [6, 6.07) is 8.53.